The molecule has 1 aromatic heterocycles. The van der Waals surface area contributed by atoms with E-state index >= 15 is 0 Å². The molecule has 138 valence electrons. The van der Waals surface area contributed by atoms with Crippen molar-refractivity contribution in [3.05, 3.63) is 70.4 Å². The summed E-state index contributed by atoms with van der Waals surface area (Å²) in [4.78, 5) is 2.62. The third kappa shape index (κ3) is 2.58. The van der Waals surface area contributed by atoms with Gasteiger partial charge in [0.05, 0.1) is 5.52 Å². The highest BCUT2D eigenvalue weighted by Gasteiger charge is 2.40. The fourth-order valence-corrected chi connectivity index (χ4v) is 5.15. The Hall–Kier alpha value is -2.32. The summed E-state index contributed by atoms with van der Waals surface area (Å²) in [5.41, 5.74) is 9.76. The molecule has 0 spiro atoms. The maximum absolute atomic E-state index is 2.62. The predicted octanol–water partition coefficient (Wildman–Crippen LogP) is 5.97. The van der Waals surface area contributed by atoms with Gasteiger partial charge in [0.2, 0.25) is 0 Å². The molecule has 2 aliphatic rings. The van der Waals surface area contributed by atoms with Gasteiger partial charge >= 0.3 is 0 Å². The lowest BCUT2D eigenvalue weighted by atomic mass is 9.97. The van der Waals surface area contributed by atoms with E-state index in [1.807, 2.05) is 0 Å². The molecule has 1 fully saturated rings. The van der Waals surface area contributed by atoms with Crippen LogP contribution in [0, 0.1) is 13.8 Å². The molecule has 27 heavy (non-hydrogen) atoms. The van der Waals surface area contributed by atoms with Crippen LogP contribution in [0.25, 0.3) is 22.7 Å². The summed E-state index contributed by atoms with van der Waals surface area (Å²) in [5, 5.41) is 1.45. The molecule has 2 atom stereocenters. The van der Waals surface area contributed by atoms with Crippen molar-refractivity contribution in [3.8, 4) is 0 Å². The predicted molar refractivity (Wildman–Crippen MR) is 115 cm³/mol. The Kier molecular flexibility index (Phi) is 3.80. The van der Waals surface area contributed by atoms with Gasteiger partial charge in [-0.25, -0.2) is 0 Å². The molecule has 0 aliphatic carbocycles. The van der Waals surface area contributed by atoms with E-state index in [0.29, 0.717) is 12.1 Å². The van der Waals surface area contributed by atoms with Gasteiger partial charge in [-0.05, 0) is 69.5 Å². The molecular weight excluding hydrogens is 328 g/mol. The lowest BCUT2D eigenvalue weighted by Crippen LogP contribution is -2.34. The molecule has 3 heterocycles. The molecule has 2 unspecified atom stereocenters. The van der Waals surface area contributed by atoms with Crippen LogP contribution in [0.2, 0.25) is 0 Å². The normalized spacial score (nSPS) is 22.4. The van der Waals surface area contributed by atoms with Gasteiger partial charge in [0.1, 0.15) is 0 Å². The molecule has 2 aromatic carbocycles. The summed E-state index contributed by atoms with van der Waals surface area (Å²) in [6.07, 6.45) is 6.14. The first-order chi connectivity index (χ1) is 13.0. The van der Waals surface area contributed by atoms with Crippen molar-refractivity contribution in [1.82, 2.24) is 9.47 Å². The number of hydrogen-bond donors (Lipinski definition) is 0. The summed E-state index contributed by atoms with van der Waals surface area (Å²) in [6.45, 7) is 6.59. The fourth-order valence-electron chi connectivity index (χ4n) is 5.15. The molecule has 2 bridgehead atoms. The molecule has 0 N–H and O–H groups in total. The van der Waals surface area contributed by atoms with Crippen LogP contribution in [0.4, 0.5) is 0 Å². The summed E-state index contributed by atoms with van der Waals surface area (Å²) >= 11 is 0. The van der Waals surface area contributed by atoms with Gasteiger partial charge in [-0.3, -0.25) is 4.90 Å². The van der Waals surface area contributed by atoms with Crippen molar-refractivity contribution in [3.63, 3.8) is 0 Å². The fraction of sp³-hybridized carbons (Fsp3) is 0.360. The SMILES string of the molecule is C/C(=C\n1c2c(c3cc(C)ccc31)C1CCC(C2)N1C)c1ccc(C)cc1. The van der Waals surface area contributed by atoms with Crippen LogP contribution in [0.3, 0.4) is 0 Å². The number of hydrogen-bond acceptors (Lipinski definition) is 1. The molecule has 5 rings (SSSR count). The zero-order valence-corrected chi connectivity index (χ0v) is 16.8. The van der Waals surface area contributed by atoms with Crippen LogP contribution in [0.5, 0.6) is 0 Å². The van der Waals surface area contributed by atoms with Gasteiger partial charge in [-0.15, -0.1) is 0 Å². The Balaban J connectivity index is 1.72. The van der Waals surface area contributed by atoms with E-state index in [2.05, 4.69) is 86.0 Å². The van der Waals surface area contributed by atoms with E-state index in [1.165, 1.54) is 51.7 Å². The molecule has 2 nitrogen and oxygen atoms in total. The van der Waals surface area contributed by atoms with E-state index in [-0.39, 0.29) is 0 Å². The van der Waals surface area contributed by atoms with Crippen LogP contribution in [-0.2, 0) is 6.42 Å². The van der Waals surface area contributed by atoms with Crippen LogP contribution < -0.4 is 0 Å². The molecule has 2 heteroatoms. The van der Waals surface area contributed by atoms with E-state index in [9.17, 15) is 0 Å². The van der Waals surface area contributed by atoms with Crippen molar-refractivity contribution in [1.29, 1.82) is 0 Å². The first kappa shape index (κ1) is 16.8. The third-order valence-corrected chi connectivity index (χ3v) is 6.74. The number of likely N-dealkylation sites (N-methyl/N-ethyl adjacent to an activating group) is 1. The third-order valence-electron chi connectivity index (χ3n) is 6.74. The quantitative estimate of drug-likeness (QED) is 0.549. The lowest BCUT2D eigenvalue weighted by Gasteiger charge is -2.32. The van der Waals surface area contributed by atoms with Crippen LogP contribution in [0.15, 0.2) is 42.5 Å². The molecule has 1 saturated heterocycles. The summed E-state index contributed by atoms with van der Waals surface area (Å²) in [6, 6.07) is 17.1. The number of nitrogens with zero attached hydrogens (tertiary/aromatic N) is 2. The zero-order chi connectivity index (χ0) is 18.7. The Morgan fingerprint density at radius 3 is 2.52 bits per heavy atom. The monoisotopic (exact) mass is 356 g/mol. The minimum absolute atomic E-state index is 0.581. The van der Waals surface area contributed by atoms with Gasteiger partial charge in [0, 0.05) is 35.8 Å². The smallest absolute Gasteiger partial charge is 0.0529 e. The molecule has 0 radical (unpaired) electrons. The first-order valence-corrected chi connectivity index (χ1v) is 10.1. The highest BCUT2D eigenvalue weighted by Crippen LogP contribution is 2.47. The minimum Gasteiger partial charge on any atom is -0.320 e. The van der Waals surface area contributed by atoms with Gasteiger partial charge in [-0.2, -0.15) is 0 Å². The van der Waals surface area contributed by atoms with Crippen molar-refractivity contribution < 1.29 is 0 Å². The summed E-state index contributed by atoms with van der Waals surface area (Å²) < 4.78 is 2.50. The summed E-state index contributed by atoms with van der Waals surface area (Å²) in [5.74, 6) is 0. The first-order valence-electron chi connectivity index (χ1n) is 10.1. The highest BCUT2D eigenvalue weighted by molar-refractivity contribution is 5.91. The standard InChI is InChI=1S/C25H28N2/c1-16-5-8-19(9-6-16)18(3)15-27-22-11-7-17(2)13-21(22)25-23-12-10-20(26(23)4)14-24(25)27/h5-9,11,13,15,20,23H,10,12,14H2,1-4H3/b18-15+. The van der Waals surface area contributed by atoms with Crippen molar-refractivity contribution in [2.75, 3.05) is 7.05 Å². The Morgan fingerprint density at radius 1 is 1.00 bits per heavy atom. The number of aromatic nitrogens is 1. The molecular formula is C25H28N2. The van der Waals surface area contributed by atoms with Gasteiger partial charge in [0.15, 0.2) is 0 Å². The van der Waals surface area contributed by atoms with Crippen molar-refractivity contribution in [2.45, 2.75) is 52.1 Å². The topological polar surface area (TPSA) is 8.17 Å². The number of fused-ring (bicyclic) bond motifs is 6. The highest BCUT2D eigenvalue weighted by atomic mass is 15.2. The lowest BCUT2D eigenvalue weighted by molar-refractivity contribution is 0.223. The van der Waals surface area contributed by atoms with Crippen molar-refractivity contribution >= 4 is 22.7 Å². The van der Waals surface area contributed by atoms with Crippen LogP contribution >= 0.6 is 0 Å². The van der Waals surface area contributed by atoms with E-state index in [0.717, 1.165) is 6.42 Å². The molecule has 0 saturated carbocycles. The number of rotatable bonds is 2. The van der Waals surface area contributed by atoms with Crippen LogP contribution in [-0.4, -0.2) is 22.6 Å². The largest absolute Gasteiger partial charge is 0.320 e. The van der Waals surface area contributed by atoms with Gasteiger partial charge in [0.25, 0.3) is 0 Å². The Morgan fingerprint density at radius 2 is 1.74 bits per heavy atom. The molecule has 2 aliphatic heterocycles. The van der Waals surface area contributed by atoms with Gasteiger partial charge in [-0.1, -0.05) is 41.5 Å². The molecule has 3 aromatic rings. The second-order valence-electron chi connectivity index (χ2n) is 8.55. The number of allylic oxidation sites excluding steroid dienone is 1. The minimum atomic E-state index is 0.581. The summed E-state index contributed by atoms with van der Waals surface area (Å²) in [7, 11) is 2.32. The maximum atomic E-state index is 2.62. The number of aryl methyl sites for hydroxylation is 2. The second-order valence-corrected chi connectivity index (χ2v) is 8.55. The van der Waals surface area contributed by atoms with Crippen LogP contribution in [0.1, 0.15) is 53.8 Å². The average molecular weight is 357 g/mol. The van der Waals surface area contributed by atoms with E-state index < -0.39 is 0 Å². The molecule has 0 amide bonds. The zero-order valence-electron chi connectivity index (χ0n) is 16.8. The average Bonchev–Trinajstić information content (AvgIpc) is 3.06. The second kappa shape index (κ2) is 6.10. The van der Waals surface area contributed by atoms with E-state index in [4.69, 9.17) is 0 Å². The maximum Gasteiger partial charge on any atom is 0.0529 e. The van der Waals surface area contributed by atoms with E-state index in [1.54, 1.807) is 5.56 Å². The Bertz CT molecular complexity index is 1050. The Labute approximate surface area is 162 Å². The number of benzene rings is 2. The van der Waals surface area contributed by atoms with Crippen molar-refractivity contribution in [2.24, 2.45) is 0 Å². The van der Waals surface area contributed by atoms with Gasteiger partial charge < -0.3 is 4.57 Å².